The van der Waals surface area contributed by atoms with Gasteiger partial charge >= 0.3 is 5.97 Å². The van der Waals surface area contributed by atoms with Gasteiger partial charge in [0.2, 0.25) is 0 Å². The molecule has 0 aliphatic rings. The van der Waals surface area contributed by atoms with Crippen molar-refractivity contribution in [2.45, 2.75) is 39.4 Å². The Labute approximate surface area is 212 Å². The first-order valence-electron chi connectivity index (χ1n) is 10.6. The summed E-state index contributed by atoms with van der Waals surface area (Å²) < 4.78 is 12.3. The second-order valence-electron chi connectivity index (χ2n) is 8.86. The Morgan fingerprint density at radius 1 is 1.06 bits per heavy atom. The average molecular weight is 515 g/mol. The van der Waals surface area contributed by atoms with E-state index in [9.17, 15) is 4.79 Å². The lowest BCUT2D eigenvalue weighted by Gasteiger charge is -2.28. The molecule has 8 heteroatoms. The van der Waals surface area contributed by atoms with E-state index in [1.807, 2.05) is 64.1 Å². The number of methoxy groups -OCH3 is 1. The Kier molecular flexibility index (Phi) is 6.97. The number of hydrogen-bond donors (Lipinski definition) is 0. The van der Waals surface area contributed by atoms with Crippen LogP contribution in [0.2, 0.25) is 10.2 Å². The first-order chi connectivity index (χ1) is 16.1. The van der Waals surface area contributed by atoms with Gasteiger partial charge in [-0.25, -0.2) is 14.8 Å². The zero-order valence-corrected chi connectivity index (χ0v) is 21.8. The van der Waals surface area contributed by atoms with Gasteiger partial charge in [-0.15, -0.1) is 11.3 Å². The third-order valence-electron chi connectivity index (χ3n) is 5.18. The number of aryl methyl sites for hydroxylation is 1. The number of esters is 1. The van der Waals surface area contributed by atoms with Crippen molar-refractivity contribution in [3.63, 3.8) is 0 Å². The van der Waals surface area contributed by atoms with Crippen LogP contribution in [-0.4, -0.2) is 28.6 Å². The fourth-order valence-corrected chi connectivity index (χ4v) is 5.22. The summed E-state index contributed by atoms with van der Waals surface area (Å²) in [4.78, 5) is 21.9. The highest BCUT2D eigenvalue weighted by molar-refractivity contribution is 7.22. The number of carbonyl (C=O) groups is 1. The van der Waals surface area contributed by atoms with Gasteiger partial charge in [0, 0.05) is 27.9 Å². The van der Waals surface area contributed by atoms with E-state index in [0.717, 1.165) is 43.0 Å². The van der Waals surface area contributed by atoms with Crippen LogP contribution in [0.4, 0.5) is 0 Å². The third kappa shape index (κ3) is 5.10. The van der Waals surface area contributed by atoms with Crippen LogP contribution in [-0.2, 0) is 14.3 Å². The molecule has 2 heterocycles. The van der Waals surface area contributed by atoms with E-state index in [0.29, 0.717) is 10.2 Å². The Morgan fingerprint density at radius 2 is 1.76 bits per heavy atom. The first kappa shape index (κ1) is 24.6. The monoisotopic (exact) mass is 514 g/mol. The van der Waals surface area contributed by atoms with Gasteiger partial charge in [-0.05, 0) is 69.2 Å². The lowest BCUT2D eigenvalue weighted by atomic mass is 9.91. The molecule has 5 nitrogen and oxygen atoms in total. The van der Waals surface area contributed by atoms with Crippen molar-refractivity contribution >= 4 is 50.7 Å². The molecule has 4 aromatic rings. The lowest BCUT2D eigenvalue weighted by Crippen LogP contribution is -2.29. The van der Waals surface area contributed by atoms with Crippen LogP contribution < -0.4 is 0 Å². The van der Waals surface area contributed by atoms with E-state index < -0.39 is 17.7 Å². The molecule has 0 spiro atoms. The predicted octanol–water partition coefficient (Wildman–Crippen LogP) is 7.67. The van der Waals surface area contributed by atoms with Crippen LogP contribution in [0.1, 0.15) is 38.0 Å². The summed E-state index contributed by atoms with van der Waals surface area (Å²) in [6.07, 6.45) is 0.742. The van der Waals surface area contributed by atoms with Crippen molar-refractivity contribution in [2.24, 2.45) is 0 Å². The zero-order chi connectivity index (χ0) is 24.6. The number of pyridine rings is 1. The molecule has 0 amide bonds. The SMILES string of the molecule is COC(=O)C(OC(C)(C)C)c1c(C)cc2nc(-c3ccnc(Cl)c3)sc2c1-c1ccc(Cl)cc1. The Hall–Kier alpha value is -2.51. The molecule has 0 N–H and O–H groups in total. The molecule has 0 radical (unpaired) electrons. The van der Waals surface area contributed by atoms with Gasteiger partial charge in [-0.1, -0.05) is 35.3 Å². The lowest BCUT2D eigenvalue weighted by molar-refractivity contribution is -0.164. The quantitative estimate of drug-likeness (QED) is 0.202. The number of aromatic nitrogens is 2. The van der Waals surface area contributed by atoms with E-state index in [4.69, 9.17) is 37.7 Å². The van der Waals surface area contributed by atoms with Gasteiger partial charge in [-0.2, -0.15) is 0 Å². The molecule has 2 aromatic heterocycles. The summed E-state index contributed by atoms with van der Waals surface area (Å²) >= 11 is 13.8. The smallest absolute Gasteiger partial charge is 0.339 e. The number of carbonyl (C=O) groups excluding carboxylic acids is 1. The number of thiazole rings is 1. The molecule has 1 atom stereocenters. The van der Waals surface area contributed by atoms with Crippen LogP contribution in [0.15, 0.2) is 48.7 Å². The molecule has 0 aliphatic carbocycles. The van der Waals surface area contributed by atoms with Gasteiger partial charge < -0.3 is 9.47 Å². The Balaban J connectivity index is 2.04. The number of fused-ring (bicyclic) bond motifs is 1. The number of hydrogen-bond acceptors (Lipinski definition) is 6. The second kappa shape index (κ2) is 9.62. The van der Waals surface area contributed by atoms with Crippen molar-refractivity contribution in [2.75, 3.05) is 7.11 Å². The zero-order valence-electron chi connectivity index (χ0n) is 19.5. The normalized spacial score (nSPS) is 12.7. The average Bonchev–Trinajstić information content (AvgIpc) is 3.20. The third-order valence-corrected chi connectivity index (χ3v) is 6.78. The van der Waals surface area contributed by atoms with E-state index in [1.54, 1.807) is 12.3 Å². The number of nitrogens with zero attached hydrogens (tertiary/aromatic N) is 2. The summed E-state index contributed by atoms with van der Waals surface area (Å²) in [6.45, 7) is 7.70. The molecule has 176 valence electrons. The molecule has 0 bridgehead atoms. The Morgan fingerprint density at radius 3 is 2.38 bits per heavy atom. The van der Waals surface area contributed by atoms with Crippen molar-refractivity contribution in [3.05, 3.63) is 70.0 Å². The van der Waals surface area contributed by atoms with E-state index >= 15 is 0 Å². The van der Waals surface area contributed by atoms with Crippen molar-refractivity contribution in [3.8, 4) is 21.7 Å². The molecule has 0 saturated heterocycles. The maximum Gasteiger partial charge on any atom is 0.339 e. The molecule has 4 rings (SSSR count). The number of benzene rings is 2. The summed E-state index contributed by atoms with van der Waals surface area (Å²) in [7, 11) is 1.37. The first-order valence-corrected chi connectivity index (χ1v) is 12.2. The van der Waals surface area contributed by atoms with Crippen LogP contribution in [0.25, 0.3) is 31.9 Å². The molecule has 2 aromatic carbocycles. The summed E-state index contributed by atoms with van der Waals surface area (Å²) in [5, 5.41) is 1.83. The molecule has 0 saturated carbocycles. The van der Waals surface area contributed by atoms with Crippen molar-refractivity contribution in [1.29, 1.82) is 0 Å². The predicted molar refractivity (Wildman–Crippen MR) is 139 cm³/mol. The topological polar surface area (TPSA) is 61.3 Å². The van der Waals surface area contributed by atoms with Crippen LogP contribution in [0.3, 0.4) is 0 Å². The van der Waals surface area contributed by atoms with E-state index in [1.165, 1.54) is 18.4 Å². The van der Waals surface area contributed by atoms with Gasteiger partial charge in [0.05, 0.1) is 22.9 Å². The summed E-state index contributed by atoms with van der Waals surface area (Å²) in [5.41, 5.74) is 4.51. The van der Waals surface area contributed by atoms with Gasteiger partial charge in [0.15, 0.2) is 6.10 Å². The van der Waals surface area contributed by atoms with Crippen molar-refractivity contribution in [1.82, 2.24) is 9.97 Å². The van der Waals surface area contributed by atoms with E-state index in [2.05, 4.69) is 4.98 Å². The van der Waals surface area contributed by atoms with Gasteiger partial charge in [0.25, 0.3) is 0 Å². The van der Waals surface area contributed by atoms with Gasteiger partial charge in [0.1, 0.15) is 10.2 Å². The number of rotatable bonds is 5. The minimum Gasteiger partial charge on any atom is -0.467 e. The van der Waals surface area contributed by atoms with E-state index in [-0.39, 0.29) is 0 Å². The largest absolute Gasteiger partial charge is 0.467 e. The number of halogens is 2. The fraction of sp³-hybridized carbons (Fsp3) is 0.269. The molecule has 34 heavy (non-hydrogen) atoms. The maximum absolute atomic E-state index is 13.0. The maximum atomic E-state index is 13.0. The highest BCUT2D eigenvalue weighted by Crippen LogP contribution is 2.44. The highest BCUT2D eigenvalue weighted by Gasteiger charge is 2.33. The molecule has 0 aliphatic heterocycles. The second-order valence-corrected chi connectivity index (χ2v) is 10.7. The van der Waals surface area contributed by atoms with Crippen LogP contribution >= 0.6 is 34.5 Å². The summed E-state index contributed by atoms with van der Waals surface area (Å²) in [6, 6.07) is 13.2. The molecule has 0 fully saturated rings. The number of ether oxygens (including phenoxy) is 2. The van der Waals surface area contributed by atoms with Gasteiger partial charge in [-0.3, -0.25) is 0 Å². The minimum absolute atomic E-state index is 0.399. The van der Waals surface area contributed by atoms with Crippen molar-refractivity contribution < 1.29 is 14.3 Å². The fourth-order valence-electron chi connectivity index (χ4n) is 3.80. The highest BCUT2D eigenvalue weighted by atomic mass is 35.5. The minimum atomic E-state index is -0.916. The standard InChI is InChI=1S/C26H24Cl2N2O3S/c1-14-12-18-23(34-24(30-18)16-10-11-29-19(28)13-16)21(15-6-8-17(27)9-7-15)20(14)22(25(31)32-5)33-26(2,3)4/h6-13,22H,1-5H3. The molecular formula is C26H24Cl2N2O3S. The molecular weight excluding hydrogens is 491 g/mol. The Bertz CT molecular complexity index is 1360. The van der Waals surface area contributed by atoms with Crippen LogP contribution in [0, 0.1) is 6.92 Å². The van der Waals surface area contributed by atoms with Crippen LogP contribution in [0.5, 0.6) is 0 Å². The summed E-state index contributed by atoms with van der Waals surface area (Å²) in [5.74, 6) is -0.460. The molecule has 1 unspecified atom stereocenters.